The average Bonchev–Trinajstić information content (AvgIpc) is 2.29. The first-order chi connectivity index (χ1) is 8.50. The average molecular weight is 250 g/mol. The van der Waals surface area contributed by atoms with E-state index in [-0.39, 0.29) is 0 Å². The van der Waals surface area contributed by atoms with Crippen molar-refractivity contribution in [2.45, 2.75) is 19.9 Å². The molecule has 0 heterocycles. The molecule has 0 radical (unpaired) electrons. The highest BCUT2D eigenvalue weighted by molar-refractivity contribution is 5.70. The third-order valence-corrected chi connectivity index (χ3v) is 2.84. The summed E-state index contributed by atoms with van der Waals surface area (Å²) in [6, 6.07) is 9.36. The lowest BCUT2D eigenvalue weighted by Gasteiger charge is -2.27. The maximum Gasteiger partial charge on any atom is 0.412 e. The highest BCUT2D eigenvalue weighted by Crippen LogP contribution is 2.09. The van der Waals surface area contributed by atoms with Crippen molar-refractivity contribution in [1.82, 2.24) is 10.2 Å². The van der Waals surface area contributed by atoms with E-state index in [0.717, 1.165) is 0 Å². The molecule has 1 aromatic carbocycles. The molecule has 0 aliphatic heterocycles. The minimum Gasteiger partial charge on any atom is -0.410 e. The van der Waals surface area contributed by atoms with E-state index in [1.165, 1.54) is 0 Å². The van der Waals surface area contributed by atoms with Gasteiger partial charge in [-0.15, -0.1) is 0 Å². The number of amides is 1. The van der Waals surface area contributed by atoms with Crippen LogP contribution >= 0.6 is 0 Å². The van der Waals surface area contributed by atoms with Gasteiger partial charge >= 0.3 is 6.09 Å². The summed E-state index contributed by atoms with van der Waals surface area (Å²) in [6.45, 7) is 4.85. The normalized spacial score (nSPS) is 12.6. The Morgan fingerprint density at radius 1 is 1.28 bits per heavy atom. The molecule has 1 aromatic rings. The number of carbonyl (C=O) groups excluding carboxylic acids is 1. The summed E-state index contributed by atoms with van der Waals surface area (Å²) in [4.78, 5) is 13.7. The molecule has 0 saturated heterocycles. The van der Waals surface area contributed by atoms with Crippen molar-refractivity contribution >= 4 is 6.09 Å². The van der Waals surface area contributed by atoms with Gasteiger partial charge in [0.05, 0.1) is 0 Å². The van der Waals surface area contributed by atoms with Crippen LogP contribution in [0.3, 0.4) is 0 Å². The van der Waals surface area contributed by atoms with Gasteiger partial charge in [0.1, 0.15) is 5.75 Å². The van der Waals surface area contributed by atoms with E-state index in [2.05, 4.69) is 24.1 Å². The molecule has 0 bridgehead atoms. The maximum absolute atomic E-state index is 11.6. The van der Waals surface area contributed by atoms with Gasteiger partial charge in [-0.25, -0.2) is 4.79 Å². The fourth-order valence-corrected chi connectivity index (χ4v) is 1.83. The standard InChI is InChI=1S/C14H22N2O2/c1-11(2)13(16(3)4)10-15-14(17)18-12-8-6-5-7-9-12/h5-9,11,13H,10H2,1-4H3,(H,15,17). The lowest BCUT2D eigenvalue weighted by Crippen LogP contribution is -2.44. The molecular weight excluding hydrogens is 228 g/mol. The summed E-state index contributed by atoms with van der Waals surface area (Å²) in [5, 5.41) is 2.79. The van der Waals surface area contributed by atoms with E-state index < -0.39 is 6.09 Å². The first-order valence-corrected chi connectivity index (χ1v) is 6.18. The number of carbonyl (C=O) groups is 1. The second-order valence-corrected chi connectivity index (χ2v) is 4.86. The molecule has 1 N–H and O–H groups in total. The van der Waals surface area contributed by atoms with Gasteiger partial charge in [0.25, 0.3) is 0 Å². The SMILES string of the molecule is CC(C)C(CNC(=O)Oc1ccccc1)N(C)C. The second kappa shape index (κ2) is 7.01. The minimum atomic E-state index is -0.409. The summed E-state index contributed by atoms with van der Waals surface area (Å²) in [5.74, 6) is 1.03. The molecule has 0 spiro atoms. The summed E-state index contributed by atoms with van der Waals surface area (Å²) < 4.78 is 5.16. The summed E-state index contributed by atoms with van der Waals surface area (Å²) in [7, 11) is 4.02. The molecule has 0 aliphatic rings. The highest BCUT2D eigenvalue weighted by atomic mass is 16.6. The van der Waals surface area contributed by atoms with Gasteiger partial charge in [-0.3, -0.25) is 0 Å². The molecule has 1 rings (SSSR count). The van der Waals surface area contributed by atoms with Gasteiger partial charge in [0.2, 0.25) is 0 Å². The van der Waals surface area contributed by atoms with Crippen LogP contribution in [0.25, 0.3) is 0 Å². The zero-order chi connectivity index (χ0) is 13.5. The number of likely N-dealkylation sites (N-methyl/N-ethyl adjacent to an activating group) is 1. The number of hydrogen-bond donors (Lipinski definition) is 1. The Morgan fingerprint density at radius 2 is 1.89 bits per heavy atom. The molecule has 1 atom stereocenters. The number of nitrogens with zero attached hydrogens (tertiary/aromatic N) is 1. The molecular formula is C14H22N2O2. The monoisotopic (exact) mass is 250 g/mol. The first-order valence-electron chi connectivity index (χ1n) is 6.18. The molecule has 4 heteroatoms. The van der Waals surface area contributed by atoms with E-state index in [1.54, 1.807) is 12.1 Å². The Kier molecular flexibility index (Phi) is 5.65. The maximum atomic E-state index is 11.6. The third-order valence-electron chi connectivity index (χ3n) is 2.84. The highest BCUT2D eigenvalue weighted by Gasteiger charge is 2.16. The van der Waals surface area contributed by atoms with Gasteiger partial charge < -0.3 is 15.0 Å². The van der Waals surface area contributed by atoms with Crippen molar-refractivity contribution in [3.05, 3.63) is 30.3 Å². The van der Waals surface area contributed by atoms with Crippen molar-refractivity contribution in [2.75, 3.05) is 20.6 Å². The van der Waals surface area contributed by atoms with Gasteiger partial charge in [-0.2, -0.15) is 0 Å². The molecule has 100 valence electrons. The molecule has 1 unspecified atom stereocenters. The molecule has 0 fully saturated rings. The number of ether oxygens (including phenoxy) is 1. The van der Waals surface area contributed by atoms with Gasteiger partial charge in [-0.05, 0) is 32.1 Å². The van der Waals surface area contributed by atoms with Crippen LogP contribution in [0.4, 0.5) is 4.79 Å². The van der Waals surface area contributed by atoms with Crippen LogP contribution in [-0.4, -0.2) is 37.7 Å². The van der Waals surface area contributed by atoms with E-state index in [9.17, 15) is 4.79 Å². The Labute approximate surface area is 109 Å². The molecule has 4 nitrogen and oxygen atoms in total. The Hall–Kier alpha value is -1.55. The fraction of sp³-hybridized carbons (Fsp3) is 0.500. The Bertz CT molecular complexity index is 355. The zero-order valence-corrected chi connectivity index (χ0v) is 11.5. The largest absolute Gasteiger partial charge is 0.412 e. The topological polar surface area (TPSA) is 41.6 Å². The first kappa shape index (κ1) is 14.5. The Balaban J connectivity index is 2.41. The lowest BCUT2D eigenvalue weighted by molar-refractivity contribution is 0.186. The molecule has 18 heavy (non-hydrogen) atoms. The summed E-state index contributed by atoms with van der Waals surface area (Å²) in [6.07, 6.45) is -0.409. The molecule has 0 aromatic heterocycles. The van der Waals surface area contributed by atoms with E-state index in [0.29, 0.717) is 24.3 Å². The van der Waals surface area contributed by atoms with Crippen LogP contribution in [0.1, 0.15) is 13.8 Å². The molecule has 0 aliphatic carbocycles. The van der Waals surface area contributed by atoms with Gasteiger partial charge in [0.15, 0.2) is 0 Å². The third kappa shape index (κ3) is 4.75. The van der Waals surface area contributed by atoms with Crippen molar-refractivity contribution in [3.63, 3.8) is 0 Å². The van der Waals surface area contributed by atoms with Gasteiger partial charge in [-0.1, -0.05) is 32.0 Å². The van der Waals surface area contributed by atoms with Gasteiger partial charge in [0, 0.05) is 12.6 Å². The van der Waals surface area contributed by atoms with Crippen LogP contribution in [0.5, 0.6) is 5.75 Å². The number of benzene rings is 1. The van der Waals surface area contributed by atoms with Crippen LogP contribution in [0, 0.1) is 5.92 Å². The van der Waals surface area contributed by atoms with Crippen LogP contribution < -0.4 is 10.1 Å². The van der Waals surface area contributed by atoms with Crippen LogP contribution in [0.2, 0.25) is 0 Å². The molecule has 1 amide bonds. The quantitative estimate of drug-likeness (QED) is 0.872. The number of nitrogens with one attached hydrogen (secondary N) is 1. The fourth-order valence-electron chi connectivity index (χ4n) is 1.83. The molecule has 0 saturated carbocycles. The zero-order valence-electron chi connectivity index (χ0n) is 11.5. The van der Waals surface area contributed by atoms with Crippen molar-refractivity contribution in [3.8, 4) is 5.75 Å². The minimum absolute atomic E-state index is 0.299. The summed E-state index contributed by atoms with van der Waals surface area (Å²) in [5.41, 5.74) is 0. The van der Waals surface area contributed by atoms with Crippen molar-refractivity contribution in [2.24, 2.45) is 5.92 Å². The van der Waals surface area contributed by atoms with Crippen LogP contribution in [0.15, 0.2) is 30.3 Å². The number of hydrogen-bond acceptors (Lipinski definition) is 3. The second-order valence-electron chi connectivity index (χ2n) is 4.86. The summed E-state index contributed by atoms with van der Waals surface area (Å²) >= 11 is 0. The lowest BCUT2D eigenvalue weighted by atomic mass is 10.0. The smallest absolute Gasteiger partial charge is 0.410 e. The number of para-hydroxylation sites is 1. The van der Waals surface area contributed by atoms with Crippen molar-refractivity contribution in [1.29, 1.82) is 0 Å². The van der Waals surface area contributed by atoms with E-state index >= 15 is 0 Å². The van der Waals surface area contributed by atoms with Crippen molar-refractivity contribution < 1.29 is 9.53 Å². The predicted octanol–water partition coefficient (Wildman–Crippen LogP) is 2.36. The van der Waals surface area contributed by atoms with E-state index in [1.807, 2.05) is 32.3 Å². The Morgan fingerprint density at radius 3 is 2.39 bits per heavy atom. The number of rotatable bonds is 5. The predicted molar refractivity (Wildman–Crippen MR) is 72.8 cm³/mol. The van der Waals surface area contributed by atoms with E-state index in [4.69, 9.17) is 4.74 Å². The van der Waals surface area contributed by atoms with Crippen LogP contribution in [-0.2, 0) is 0 Å².